The van der Waals surface area contributed by atoms with Crippen LogP contribution in [0.15, 0.2) is 22.8 Å². The molecule has 0 aromatic carbocycles. The third-order valence-electron chi connectivity index (χ3n) is 0.727. The van der Waals surface area contributed by atoms with Crippen molar-refractivity contribution >= 4 is 15.9 Å². The molecule has 0 radical (unpaired) electrons. The fourth-order valence-corrected chi connectivity index (χ4v) is 0.610. The summed E-state index contributed by atoms with van der Waals surface area (Å²) >= 11 is 3.17. The molecule has 1 nitrogen and oxygen atoms in total. The molecule has 1 heterocycles. The average molecular weight is 175 g/mol. The molecule has 1 aromatic rings. The molecule has 0 saturated carbocycles. The third kappa shape index (κ3) is 1.30. The number of halogens is 1. The van der Waals surface area contributed by atoms with Crippen LogP contribution in [-0.4, -0.2) is 4.98 Å². The quantitative estimate of drug-likeness (QED) is 0.588. The van der Waals surface area contributed by atoms with Gasteiger partial charge in [-0.25, -0.2) is 0 Å². The highest BCUT2D eigenvalue weighted by molar-refractivity contribution is 9.10. The highest BCUT2D eigenvalue weighted by atomic mass is 79.9. The van der Waals surface area contributed by atoms with E-state index >= 15 is 0 Å². The van der Waals surface area contributed by atoms with Gasteiger partial charge in [0.2, 0.25) is 0 Å². The smallest absolute Gasteiger partial charge is 0.0413 e. The van der Waals surface area contributed by atoms with Gasteiger partial charge in [0.05, 0.1) is 0 Å². The van der Waals surface area contributed by atoms with Gasteiger partial charge in [-0.05, 0) is 34.9 Å². The van der Waals surface area contributed by atoms with E-state index in [1.807, 2.05) is 0 Å². The van der Waals surface area contributed by atoms with Crippen molar-refractivity contribution < 1.29 is 4.11 Å². The minimum Gasteiger partial charge on any atom is -0.260 e. The Morgan fingerprint density at radius 2 is 2.62 bits per heavy atom. The Balaban J connectivity index is 2.99. The van der Waals surface area contributed by atoms with Gasteiger partial charge in [0.25, 0.3) is 0 Å². The molecule has 0 N–H and O–H groups in total. The second-order valence-corrected chi connectivity index (χ2v) is 2.28. The Morgan fingerprint density at radius 1 is 1.75 bits per heavy atom. The molecule has 0 amide bonds. The summed E-state index contributed by atoms with van der Waals surface area (Å²) in [4.78, 5) is 3.74. The van der Waals surface area contributed by atoms with Crippen LogP contribution in [0.5, 0.6) is 0 Å². The first kappa shape index (κ1) is 2.97. The van der Waals surface area contributed by atoms with Crippen LogP contribution in [0.3, 0.4) is 0 Å². The number of aromatic nitrogens is 1. The van der Waals surface area contributed by atoms with Crippen molar-refractivity contribution in [3.05, 3.63) is 28.5 Å². The Bertz CT molecular complexity index is 241. The summed E-state index contributed by atoms with van der Waals surface area (Å²) in [7, 11) is 0. The predicted molar refractivity (Wildman–Crippen MR) is 36.7 cm³/mol. The highest BCUT2D eigenvalue weighted by Crippen LogP contribution is 2.05. The number of aryl methyl sites for hydroxylation is 1. The zero-order valence-corrected chi connectivity index (χ0v) is 5.64. The van der Waals surface area contributed by atoms with Crippen LogP contribution in [-0.2, 0) is 0 Å². The Kier molecular flexibility index (Phi) is 0.841. The third-order valence-corrected chi connectivity index (χ3v) is 1.20. The normalized spacial score (nSPS) is 16.4. The van der Waals surface area contributed by atoms with E-state index in [0.717, 1.165) is 4.47 Å². The van der Waals surface area contributed by atoms with E-state index in [0.29, 0.717) is 0 Å². The molecule has 0 unspecified atom stereocenters. The van der Waals surface area contributed by atoms with Crippen LogP contribution >= 0.6 is 15.9 Å². The maximum absolute atomic E-state index is 7.00. The van der Waals surface area contributed by atoms with Crippen LogP contribution in [0.1, 0.15) is 9.81 Å². The Hall–Kier alpha value is -0.370. The lowest BCUT2D eigenvalue weighted by molar-refractivity contribution is 1.19. The molecule has 0 aliphatic carbocycles. The van der Waals surface area contributed by atoms with Gasteiger partial charge in [-0.2, -0.15) is 0 Å². The lowest BCUT2D eigenvalue weighted by Crippen LogP contribution is -1.75. The van der Waals surface area contributed by atoms with Gasteiger partial charge in [-0.15, -0.1) is 0 Å². The average Bonchev–Trinajstić information content (AvgIpc) is 1.86. The first-order valence-electron chi connectivity index (χ1n) is 3.62. The van der Waals surface area contributed by atoms with Crippen LogP contribution in [0, 0.1) is 6.85 Å². The fourth-order valence-electron chi connectivity index (χ4n) is 0.376. The van der Waals surface area contributed by atoms with Gasteiger partial charge in [0.15, 0.2) is 0 Å². The van der Waals surface area contributed by atoms with Gasteiger partial charge in [-0.3, -0.25) is 4.98 Å². The summed E-state index contributed by atoms with van der Waals surface area (Å²) in [5.41, 5.74) is 0.126. The summed E-state index contributed by atoms with van der Waals surface area (Å²) in [5.74, 6) is 0. The summed E-state index contributed by atoms with van der Waals surface area (Å²) in [5, 5.41) is 0. The van der Waals surface area contributed by atoms with Gasteiger partial charge in [0, 0.05) is 20.5 Å². The van der Waals surface area contributed by atoms with E-state index in [-0.39, 0.29) is 5.69 Å². The van der Waals surface area contributed by atoms with Gasteiger partial charge < -0.3 is 0 Å². The maximum atomic E-state index is 7.00. The summed E-state index contributed by atoms with van der Waals surface area (Å²) in [6.45, 7) is -2.10. The molecule has 0 aliphatic rings. The Labute approximate surface area is 61.1 Å². The zero-order chi connectivity index (χ0) is 8.48. The molecule has 0 aliphatic heterocycles. The molecule has 2 heteroatoms. The zero-order valence-electron chi connectivity index (χ0n) is 7.06. The largest absolute Gasteiger partial charge is 0.260 e. The highest BCUT2D eigenvalue weighted by Gasteiger charge is 1.82. The SMILES string of the molecule is [2H]C([2H])([2H])c1ccc(Br)cn1. The lowest BCUT2D eigenvalue weighted by atomic mass is 10.4. The van der Waals surface area contributed by atoms with Gasteiger partial charge in [0.1, 0.15) is 0 Å². The molecule has 0 fully saturated rings. The van der Waals surface area contributed by atoms with Crippen molar-refractivity contribution in [1.82, 2.24) is 4.98 Å². The van der Waals surface area contributed by atoms with Crippen LogP contribution < -0.4 is 0 Å². The molecule has 8 heavy (non-hydrogen) atoms. The molecular weight excluding hydrogens is 166 g/mol. The maximum Gasteiger partial charge on any atom is 0.0413 e. The number of pyridine rings is 1. The second kappa shape index (κ2) is 2.27. The van der Waals surface area contributed by atoms with Crippen LogP contribution in [0.4, 0.5) is 0 Å². The second-order valence-electron chi connectivity index (χ2n) is 1.36. The van der Waals surface area contributed by atoms with Crippen molar-refractivity contribution in [3.8, 4) is 0 Å². The van der Waals surface area contributed by atoms with Crippen LogP contribution in [0.25, 0.3) is 0 Å². The minimum atomic E-state index is -2.10. The van der Waals surface area contributed by atoms with Gasteiger partial charge in [-0.1, -0.05) is 0 Å². The van der Waals surface area contributed by atoms with Crippen LogP contribution in [0.2, 0.25) is 0 Å². The summed E-state index contributed by atoms with van der Waals surface area (Å²) in [6.07, 6.45) is 1.47. The number of rotatable bonds is 0. The molecule has 0 bridgehead atoms. The monoisotopic (exact) mass is 174 g/mol. The standard InChI is InChI=1S/C6H6BrN/c1-5-2-3-6(7)4-8-5/h2-4H,1H3/i1D3. The number of nitrogens with zero attached hydrogens (tertiary/aromatic N) is 1. The minimum absolute atomic E-state index is 0.126. The van der Waals surface area contributed by atoms with E-state index in [9.17, 15) is 0 Å². The first-order chi connectivity index (χ1) is 5.00. The molecule has 42 valence electrons. The van der Waals surface area contributed by atoms with Crippen molar-refractivity contribution in [2.75, 3.05) is 0 Å². The van der Waals surface area contributed by atoms with E-state index in [4.69, 9.17) is 4.11 Å². The summed E-state index contributed by atoms with van der Waals surface area (Å²) < 4.78 is 21.8. The molecule has 0 saturated heterocycles. The topological polar surface area (TPSA) is 12.9 Å². The van der Waals surface area contributed by atoms with Crippen molar-refractivity contribution in [3.63, 3.8) is 0 Å². The van der Waals surface area contributed by atoms with Crippen molar-refractivity contribution in [2.45, 2.75) is 6.85 Å². The fraction of sp³-hybridized carbons (Fsp3) is 0.167. The van der Waals surface area contributed by atoms with E-state index in [1.54, 1.807) is 6.07 Å². The van der Waals surface area contributed by atoms with Gasteiger partial charge >= 0.3 is 0 Å². The number of hydrogen-bond acceptors (Lipinski definition) is 1. The van der Waals surface area contributed by atoms with Crippen molar-refractivity contribution in [1.29, 1.82) is 0 Å². The number of hydrogen-bond donors (Lipinski definition) is 0. The molecule has 1 rings (SSSR count). The Morgan fingerprint density at radius 3 is 3.12 bits per heavy atom. The summed E-state index contributed by atoms with van der Waals surface area (Å²) in [6, 6.07) is 3.14. The first-order valence-corrected chi connectivity index (χ1v) is 2.91. The van der Waals surface area contributed by atoms with Crippen molar-refractivity contribution in [2.24, 2.45) is 0 Å². The molecule has 0 atom stereocenters. The predicted octanol–water partition coefficient (Wildman–Crippen LogP) is 2.15. The van der Waals surface area contributed by atoms with E-state index < -0.39 is 6.85 Å². The van der Waals surface area contributed by atoms with E-state index in [1.165, 1.54) is 12.3 Å². The van der Waals surface area contributed by atoms with E-state index in [2.05, 4.69) is 20.9 Å². The molecule has 0 spiro atoms. The molecular formula is C6H6BrN. The lowest BCUT2D eigenvalue weighted by Gasteiger charge is -1.87. The molecule has 1 aromatic heterocycles.